The highest BCUT2D eigenvalue weighted by atomic mass is 35.5. The van der Waals surface area contributed by atoms with Gasteiger partial charge in [-0.2, -0.15) is 5.10 Å². The summed E-state index contributed by atoms with van der Waals surface area (Å²) in [6.45, 7) is 3.11. The zero-order chi connectivity index (χ0) is 22.2. The number of pyridine rings is 1. The molecule has 0 radical (unpaired) electrons. The fourth-order valence-electron chi connectivity index (χ4n) is 3.64. The van der Waals surface area contributed by atoms with Crippen LogP contribution in [0.1, 0.15) is 12.0 Å². The maximum Gasteiger partial charge on any atom is 0.285 e. The fraction of sp³-hybridized carbons (Fsp3) is 0.286. The number of rotatable bonds is 5. The zero-order valence-corrected chi connectivity index (χ0v) is 18.6. The summed E-state index contributed by atoms with van der Waals surface area (Å²) >= 11 is 6.11. The molecule has 31 heavy (non-hydrogen) atoms. The summed E-state index contributed by atoms with van der Waals surface area (Å²) in [5.41, 5.74) is 2.81. The van der Waals surface area contributed by atoms with E-state index in [1.807, 2.05) is 24.0 Å². The van der Waals surface area contributed by atoms with Gasteiger partial charge in [0.05, 0.1) is 23.3 Å². The molecule has 1 atom stereocenters. The third kappa shape index (κ3) is 4.57. The molecule has 4 rings (SSSR count). The van der Waals surface area contributed by atoms with Gasteiger partial charge in [0, 0.05) is 31.5 Å². The molecule has 0 aliphatic carbocycles. The molecule has 0 bridgehead atoms. The Morgan fingerprint density at radius 2 is 2.06 bits per heavy atom. The highest BCUT2D eigenvalue weighted by Gasteiger charge is 2.27. The molecule has 1 fully saturated rings. The predicted molar refractivity (Wildman–Crippen MR) is 119 cm³/mol. The Morgan fingerprint density at radius 3 is 2.81 bits per heavy atom. The van der Waals surface area contributed by atoms with E-state index in [1.165, 1.54) is 12.5 Å². The number of sulfone groups is 1. The molecule has 1 N–H and O–H groups in total. The first-order valence-corrected chi connectivity index (χ1v) is 11.9. The molecule has 0 amide bonds. The lowest BCUT2D eigenvalue weighted by molar-refractivity contribution is 0.216. The molecular weight excluding hydrogens is 440 g/mol. The van der Waals surface area contributed by atoms with Gasteiger partial charge in [0.1, 0.15) is 11.1 Å². The fourth-order valence-corrected chi connectivity index (χ4v) is 4.56. The van der Waals surface area contributed by atoms with E-state index in [9.17, 15) is 13.2 Å². The largest absolute Gasteiger partial charge is 0.472 e. The molecule has 10 heteroatoms. The normalized spacial score (nSPS) is 16.5. The third-order valence-corrected chi connectivity index (χ3v) is 6.70. The van der Waals surface area contributed by atoms with Crippen molar-refractivity contribution in [2.24, 2.45) is 0 Å². The van der Waals surface area contributed by atoms with Crippen molar-refractivity contribution in [1.82, 2.24) is 15.2 Å². The van der Waals surface area contributed by atoms with Crippen LogP contribution in [0, 0.1) is 6.92 Å². The van der Waals surface area contributed by atoms with Crippen LogP contribution in [0.25, 0.3) is 11.1 Å². The summed E-state index contributed by atoms with van der Waals surface area (Å²) in [4.78, 5) is 18.3. The lowest BCUT2D eigenvalue weighted by Crippen LogP contribution is -2.26. The van der Waals surface area contributed by atoms with Crippen LogP contribution in [0.5, 0.6) is 5.88 Å². The number of nitrogens with zero attached hydrogens (tertiary/aromatic N) is 3. The number of hydrogen-bond donors (Lipinski definition) is 1. The molecule has 0 saturated carbocycles. The Kier molecular flexibility index (Phi) is 5.72. The van der Waals surface area contributed by atoms with Crippen molar-refractivity contribution in [3.63, 3.8) is 0 Å². The van der Waals surface area contributed by atoms with Crippen molar-refractivity contribution in [2.45, 2.75) is 24.3 Å². The molecule has 1 aromatic carbocycles. The molecule has 1 aliphatic rings. The van der Waals surface area contributed by atoms with Crippen LogP contribution in [0.4, 0.5) is 5.69 Å². The maximum absolute atomic E-state index is 11.8. The van der Waals surface area contributed by atoms with Gasteiger partial charge in [-0.1, -0.05) is 17.7 Å². The van der Waals surface area contributed by atoms with Crippen molar-refractivity contribution < 1.29 is 13.2 Å². The van der Waals surface area contributed by atoms with E-state index in [-0.39, 0.29) is 11.1 Å². The summed E-state index contributed by atoms with van der Waals surface area (Å²) in [5, 5.41) is 6.25. The maximum atomic E-state index is 11.8. The van der Waals surface area contributed by atoms with E-state index in [4.69, 9.17) is 16.3 Å². The summed E-state index contributed by atoms with van der Waals surface area (Å²) in [5.74, 6) is 0.478. The topological polar surface area (TPSA) is 105 Å². The molecule has 3 aromatic rings. The first kappa shape index (κ1) is 21.3. The van der Waals surface area contributed by atoms with Crippen molar-refractivity contribution in [2.75, 3.05) is 24.2 Å². The second kappa shape index (κ2) is 8.32. The minimum Gasteiger partial charge on any atom is -0.472 e. The van der Waals surface area contributed by atoms with E-state index < -0.39 is 15.4 Å². The van der Waals surface area contributed by atoms with Crippen molar-refractivity contribution in [3.05, 3.63) is 63.7 Å². The number of H-pyrrole nitrogens is 1. The number of nitrogens with one attached hydrogen (secondary N) is 1. The van der Waals surface area contributed by atoms with Crippen LogP contribution in [0.3, 0.4) is 0 Å². The first-order chi connectivity index (χ1) is 14.7. The Balaban J connectivity index is 1.51. The molecule has 8 nitrogen and oxygen atoms in total. The van der Waals surface area contributed by atoms with E-state index in [0.717, 1.165) is 23.1 Å². The first-order valence-electron chi connectivity index (χ1n) is 9.64. The van der Waals surface area contributed by atoms with Gasteiger partial charge in [-0.05, 0) is 41.8 Å². The quantitative estimate of drug-likeness (QED) is 0.624. The molecule has 0 unspecified atom stereocenters. The summed E-state index contributed by atoms with van der Waals surface area (Å²) in [6.07, 6.45) is 5.02. The number of anilines is 1. The van der Waals surface area contributed by atoms with Gasteiger partial charge >= 0.3 is 0 Å². The average Bonchev–Trinajstić information content (AvgIpc) is 3.17. The number of aromatic nitrogens is 3. The molecule has 1 aliphatic heterocycles. The van der Waals surface area contributed by atoms with Crippen molar-refractivity contribution >= 4 is 27.1 Å². The number of benzene rings is 1. The van der Waals surface area contributed by atoms with Gasteiger partial charge in [0.25, 0.3) is 5.56 Å². The molecule has 3 heterocycles. The highest BCUT2D eigenvalue weighted by Crippen LogP contribution is 2.30. The number of aromatic amines is 1. The van der Waals surface area contributed by atoms with Crippen molar-refractivity contribution in [1.29, 1.82) is 0 Å². The van der Waals surface area contributed by atoms with Gasteiger partial charge in [-0.25, -0.2) is 18.5 Å². The van der Waals surface area contributed by atoms with Crippen LogP contribution < -0.4 is 15.2 Å². The Hall–Kier alpha value is -2.91. The van der Waals surface area contributed by atoms with Gasteiger partial charge in [-0.15, -0.1) is 0 Å². The molecule has 2 aromatic heterocycles. The number of ether oxygens (including phenoxy) is 1. The highest BCUT2D eigenvalue weighted by molar-refractivity contribution is 7.90. The predicted octanol–water partition coefficient (Wildman–Crippen LogP) is 2.85. The minimum atomic E-state index is -3.26. The Labute approximate surface area is 184 Å². The summed E-state index contributed by atoms with van der Waals surface area (Å²) in [7, 11) is -3.26. The lowest BCUT2D eigenvalue weighted by Gasteiger charge is -2.19. The molecule has 1 saturated heterocycles. The van der Waals surface area contributed by atoms with Crippen LogP contribution in [0.2, 0.25) is 5.02 Å². The Morgan fingerprint density at radius 1 is 1.26 bits per heavy atom. The van der Waals surface area contributed by atoms with Gasteiger partial charge in [0.15, 0.2) is 9.84 Å². The second-order valence-electron chi connectivity index (χ2n) is 7.50. The molecule has 162 valence electrons. The Bertz CT molecular complexity index is 1290. The van der Waals surface area contributed by atoms with Gasteiger partial charge in [-0.3, -0.25) is 4.79 Å². The van der Waals surface area contributed by atoms with Crippen LogP contribution in [-0.2, 0) is 9.84 Å². The summed E-state index contributed by atoms with van der Waals surface area (Å²) < 4.78 is 29.6. The number of aryl methyl sites for hydroxylation is 1. The second-order valence-corrected chi connectivity index (χ2v) is 9.90. The number of hydrogen-bond acceptors (Lipinski definition) is 7. The smallest absolute Gasteiger partial charge is 0.285 e. The monoisotopic (exact) mass is 460 g/mol. The van der Waals surface area contributed by atoms with Gasteiger partial charge < -0.3 is 9.64 Å². The van der Waals surface area contributed by atoms with E-state index in [2.05, 4.69) is 15.2 Å². The standard InChI is InChI=1S/C21H21ClN4O4S/c1-13-9-16(31(2,28)29)3-4-17(13)14-5-7-23-19(10-14)30-15-6-8-26(12-15)18-11-24-25-21(27)20(18)22/h3-5,7,9-11,15H,6,8,12H2,1-2H3,(H,25,27)/t15-/m1/s1. The van der Waals surface area contributed by atoms with Crippen molar-refractivity contribution in [3.8, 4) is 17.0 Å². The number of halogens is 1. The average molecular weight is 461 g/mol. The molecular formula is C21H21ClN4O4S. The SMILES string of the molecule is Cc1cc(S(C)(=O)=O)ccc1-c1ccnc(O[C@@H]2CCN(c3cn[nH]c(=O)c3Cl)C2)c1. The van der Waals surface area contributed by atoms with Crippen LogP contribution in [0.15, 0.2) is 52.4 Å². The minimum absolute atomic E-state index is 0.115. The third-order valence-electron chi connectivity index (χ3n) is 5.22. The van der Waals surface area contributed by atoms with Crippen LogP contribution in [-0.4, -0.2) is 49.0 Å². The summed E-state index contributed by atoms with van der Waals surface area (Å²) in [6, 6.07) is 8.77. The molecule has 0 spiro atoms. The van der Waals surface area contributed by atoms with E-state index >= 15 is 0 Å². The zero-order valence-electron chi connectivity index (χ0n) is 17.0. The van der Waals surface area contributed by atoms with Gasteiger partial charge in [0.2, 0.25) is 5.88 Å². The van der Waals surface area contributed by atoms with E-state index in [1.54, 1.807) is 24.4 Å². The van der Waals surface area contributed by atoms with E-state index in [0.29, 0.717) is 29.6 Å². The lowest BCUT2D eigenvalue weighted by atomic mass is 10.0. The van der Waals surface area contributed by atoms with Crippen LogP contribution >= 0.6 is 11.6 Å².